The minimum atomic E-state index is -0.592. The van der Waals surface area contributed by atoms with Gasteiger partial charge in [-0.2, -0.15) is 0 Å². The second-order valence-electron chi connectivity index (χ2n) is 10.4. The highest BCUT2D eigenvalue weighted by Gasteiger charge is 2.23. The highest BCUT2D eigenvalue weighted by atomic mass is 35.5. The Balaban J connectivity index is 1.33. The van der Waals surface area contributed by atoms with Crippen LogP contribution in [0.4, 0.5) is 11.4 Å². The van der Waals surface area contributed by atoms with Crippen LogP contribution in [0.2, 0.25) is 5.02 Å². The largest absolute Gasteiger partial charge is 0.497 e. The average Bonchev–Trinajstić information content (AvgIpc) is 3.12. The number of anilines is 2. The van der Waals surface area contributed by atoms with Crippen LogP contribution in [0, 0.1) is 0 Å². The van der Waals surface area contributed by atoms with Gasteiger partial charge in [0.1, 0.15) is 22.4 Å². The average molecular weight is 678 g/mol. The maximum atomic E-state index is 13.6. The van der Waals surface area contributed by atoms with Crippen LogP contribution in [0.5, 0.6) is 11.5 Å². The van der Waals surface area contributed by atoms with Crippen LogP contribution in [-0.4, -0.2) is 31.9 Å². The predicted molar refractivity (Wildman–Crippen MR) is 192 cm³/mol. The molecule has 8 nitrogen and oxygen atoms in total. The number of ether oxygens (including phenoxy) is 2. The molecule has 0 fully saturated rings. The van der Waals surface area contributed by atoms with Crippen molar-refractivity contribution < 1.29 is 23.9 Å². The zero-order chi connectivity index (χ0) is 33.9. The van der Waals surface area contributed by atoms with Crippen molar-refractivity contribution in [2.45, 2.75) is 10.1 Å². The van der Waals surface area contributed by atoms with E-state index in [4.69, 9.17) is 21.1 Å². The summed E-state index contributed by atoms with van der Waals surface area (Å²) in [6.45, 7) is 0. The normalized spacial score (nSPS) is 11.6. The van der Waals surface area contributed by atoms with Crippen molar-refractivity contribution in [1.82, 2.24) is 5.32 Å². The van der Waals surface area contributed by atoms with Gasteiger partial charge in [-0.3, -0.25) is 14.4 Å². The first-order valence-corrected chi connectivity index (χ1v) is 16.1. The van der Waals surface area contributed by atoms with E-state index in [9.17, 15) is 14.4 Å². The van der Waals surface area contributed by atoms with E-state index in [2.05, 4.69) is 16.0 Å². The SMILES string of the molecule is COc1cc(NC(=O)C(Sc2ccc(NC(=O)/C(=C/c3ccc(Cl)cc3)NC(=O)c3ccccc3)cc2)c2ccccc2)cc(OC)c1. The molecule has 48 heavy (non-hydrogen) atoms. The van der Waals surface area contributed by atoms with Crippen molar-refractivity contribution in [1.29, 1.82) is 0 Å². The van der Waals surface area contributed by atoms with E-state index in [0.717, 1.165) is 10.5 Å². The second kappa shape index (κ2) is 16.4. The summed E-state index contributed by atoms with van der Waals surface area (Å²) in [6.07, 6.45) is 1.58. The van der Waals surface area contributed by atoms with Crippen LogP contribution >= 0.6 is 23.4 Å². The lowest BCUT2D eigenvalue weighted by atomic mass is 10.1. The van der Waals surface area contributed by atoms with Gasteiger partial charge in [-0.1, -0.05) is 72.3 Å². The highest BCUT2D eigenvalue weighted by Crippen LogP contribution is 2.37. The number of carbonyl (C=O) groups is 3. The van der Waals surface area contributed by atoms with Gasteiger partial charge in [-0.05, 0) is 65.7 Å². The molecule has 3 N–H and O–H groups in total. The molecule has 0 saturated carbocycles. The fraction of sp³-hybridized carbons (Fsp3) is 0.0789. The number of amides is 3. The number of halogens is 1. The molecule has 0 saturated heterocycles. The summed E-state index contributed by atoms with van der Waals surface area (Å²) in [5.74, 6) is -0.0563. The van der Waals surface area contributed by atoms with Gasteiger partial charge in [0.25, 0.3) is 11.8 Å². The molecule has 0 aliphatic carbocycles. The van der Waals surface area contributed by atoms with Gasteiger partial charge < -0.3 is 25.4 Å². The van der Waals surface area contributed by atoms with Gasteiger partial charge in [-0.15, -0.1) is 11.8 Å². The molecular weight excluding hydrogens is 646 g/mol. The number of benzene rings is 5. The van der Waals surface area contributed by atoms with E-state index in [0.29, 0.717) is 39.0 Å². The predicted octanol–water partition coefficient (Wildman–Crippen LogP) is 8.24. The van der Waals surface area contributed by atoms with Gasteiger partial charge in [0.15, 0.2) is 0 Å². The number of hydrogen-bond acceptors (Lipinski definition) is 6. The molecule has 0 spiro atoms. The molecule has 10 heteroatoms. The molecule has 5 aromatic rings. The minimum absolute atomic E-state index is 0.0552. The summed E-state index contributed by atoms with van der Waals surface area (Å²) in [5.41, 5.74) is 3.01. The standard InChI is InChI=1S/C38H32ClN3O5S/c1-46-31-22-30(23-32(24-31)47-2)41-38(45)35(26-9-5-3-6-10-26)48-33-19-17-29(18-20-33)40-37(44)34(21-25-13-15-28(39)16-14-25)42-36(43)27-11-7-4-8-12-27/h3-24,35H,1-2H3,(H,40,44)(H,41,45)(H,42,43)/b34-21-. The van der Waals surface area contributed by atoms with E-state index in [1.165, 1.54) is 11.8 Å². The topological polar surface area (TPSA) is 106 Å². The molecule has 5 rings (SSSR count). The van der Waals surface area contributed by atoms with E-state index in [-0.39, 0.29) is 11.6 Å². The third kappa shape index (κ3) is 9.28. The molecule has 0 radical (unpaired) electrons. The quantitative estimate of drug-likeness (QED) is 0.0908. The highest BCUT2D eigenvalue weighted by molar-refractivity contribution is 8.00. The van der Waals surface area contributed by atoms with E-state index >= 15 is 0 Å². The number of methoxy groups -OCH3 is 2. The summed E-state index contributed by atoms with van der Waals surface area (Å²) in [7, 11) is 3.10. The first-order chi connectivity index (χ1) is 23.3. The Morgan fingerprint density at radius 1 is 0.708 bits per heavy atom. The van der Waals surface area contributed by atoms with Crippen molar-refractivity contribution in [3.05, 3.63) is 155 Å². The molecule has 0 aromatic heterocycles. The Bertz CT molecular complexity index is 1880. The summed E-state index contributed by atoms with van der Waals surface area (Å²) >= 11 is 7.40. The lowest BCUT2D eigenvalue weighted by molar-refractivity contribution is -0.116. The minimum Gasteiger partial charge on any atom is -0.497 e. The molecule has 0 heterocycles. The van der Waals surface area contributed by atoms with Gasteiger partial charge >= 0.3 is 0 Å². The van der Waals surface area contributed by atoms with Crippen LogP contribution < -0.4 is 25.4 Å². The van der Waals surface area contributed by atoms with Crippen LogP contribution in [0.15, 0.2) is 138 Å². The Hall–Kier alpha value is -5.51. The van der Waals surface area contributed by atoms with Crippen molar-refractivity contribution in [2.24, 2.45) is 0 Å². The number of nitrogens with one attached hydrogen (secondary N) is 3. The van der Waals surface area contributed by atoms with Crippen molar-refractivity contribution in [3.8, 4) is 11.5 Å². The van der Waals surface area contributed by atoms with Crippen LogP contribution in [0.3, 0.4) is 0 Å². The van der Waals surface area contributed by atoms with Crippen molar-refractivity contribution >= 4 is 58.5 Å². The van der Waals surface area contributed by atoms with Gasteiger partial charge in [0.2, 0.25) is 5.91 Å². The zero-order valence-electron chi connectivity index (χ0n) is 26.1. The molecule has 1 atom stereocenters. The van der Waals surface area contributed by atoms with Crippen LogP contribution in [-0.2, 0) is 9.59 Å². The van der Waals surface area contributed by atoms with E-state index < -0.39 is 17.1 Å². The smallest absolute Gasteiger partial charge is 0.272 e. The zero-order valence-corrected chi connectivity index (χ0v) is 27.7. The van der Waals surface area contributed by atoms with Crippen molar-refractivity contribution in [3.63, 3.8) is 0 Å². The lowest BCUT2D eigenvalue weighted by Crippen LogP contribution is -2.30. The number of thioether (sulfide) groups is 1. The van der Waals surface area contributed by atoms with Gasteiger partial charge in [0, 0.05) is 45.1 Å². The fourth-order valence-electron chi connectivity index (χ4n) is 4.61. The molecular formula is C38H32ClN3O5S. The maximum absolute atomic E-state index is 13.6. The molecule has 242 valence electrons. The maximum Gasteiger partial charge on any atom is 0.272 e. The Morgan fingerprint density at radius 2 is 1.31 bits per heavy atom. The third-order valence-electron chi connectivity index (χ3n) is 7.04. The number of carbonyl (C=O) groups excluding carboxylic acids is 3. The third-order valence-corrected chi connectivity index (χ3v) is 8.55. The Morgan fingerprint density at radius 3 is 1.92 bits per heavy atom. The lowest BCUT2D eigenvalue weighted by Gasteiger charge is -2.18. The van der Waals surface area contributed by atoms with Gasteiger partial charge in [0.05, 0.1) is 14.2 Å². The molecule has 0 aliphatic heterocycles. The number of hydrogen-bond donors (Lipinski definition) is 3. The summed E-state index contributed by atoms with van der Waals surface area (Å²) in [6, 6.07) is 37.3. The first-order valence-electron chi connectivity index (χ1n) is 14.8. The summed E-state index contributed by atoms with van der Waals surface area (Å²) in [4.78, 5) is 40.9. The Kier molecular flexibility index (Phi) is 11.5. The second-order valence-corrected chi connectivity index (χ2v) is 12.0. The summed E-state index contributed by atoms with van der Waals surface area (Å²) < 4.78 is 10.7. The molecule has 0 aliphatic rings. The molecule has 3 amide bonds. The van der Waals surface area contributed by atoms with E-state index in [1.807, 2.05) is 48.5 Å². The van der Waals surface area contributed by atoms with Crippen LogP contribution in [0.1, 0.15) is 26.7 Å². The molecule has 0 bridgehead atoms. The molecule has 5 aromatic carbocycles. The van der Waals surface area contributed by atoms with Crippen molar-refractivity contribution in [2.75, 3.05) is 24.9 Å². The fourth-order valence-corrected chi connectivity index (χ4v) is 5.76. The Labute approximate surface area is 288 Å². The van der Waals surface area contributed by atoms with E-state index in [1.54, 1.807) is 99.2 Å². The monoisotopic (exact) mass is 677 g/mol. The first kappa shape index (κ1) is 33.8. The summed E-state index contributed by atoms with van der Waals surface area (Å²) in [5, 5.41) is 8.54. The van der Waals surface area contributed by atoms with Gasteiger partial charge in [-0.25, -0.2) is 0 Å². The van der Waals surface area contributed by atoms with Crippen LogP contribution in [0.25, 0.3) is 6.08 Å². The molecule has 1 unspecified atom stereocenters. The number of rotatable bonds is 12.